The van der Waals surface area contributed by atoms with Crippen molar-refractivity contribution >= 4 is 34.2 Å². The highest BCUT2D eigenvalue weighted by atomic mass is 32.2. The van der Waals surface area contributed by atoms with E-state index in [0.29, 0.717) is 4.32 Å². The van der Waals surface area contributed by atoms with E-state index < -0.39 is 0 Å². The summed E-state index contributed by atoms with van der Waals surface area (Å²) in [5, 5.41) is 0. The smallest absolute Gasteiger partial charge is 0.131 e. The molecule has 10 heavy (non-hydrogen) atoms. The lowest BCUT2D eigenvalue weighted by Gasteiger charge is -1.93. The van der Waals surface area contributed by atoms with Crippen LogP contribution in [0.2, 0.25) is 0 Å². The van der Waals surface area contributed by atoms with Crippen LogP contribution in [-0.4, -0.2) is 16.0 Å². The number of hydrogen-bond acceptors (Lipinski definition) is 3. The van der Waals surface area contributed by atoms with Gasteiger partial charge in [0.2, 0.25) is 0 Å². The number of carbonyl (C=O) groups excluding carboxylic acids is 1. The Labute approximate surface area is 69.9 Å². The first-order valence-corrected chi connectivity index (χ1v) is 4.28. The molecule has 2 nitrogen and oxygen atoms in total. The Morgan fingerprint density at radius 3 is 3.00 bits per heavy atom. The van der Waals surface area contributed by atoms with Crippen molar-refractivity contribution in [3.05, 3.63) is 6.08 Å². The van der Waals surface area contributed by atoms with Gasteiger partial charge >= 0.3 is 0 Å². The van der Waals surface area contributed by atoms with Crippen molar-refractivity contribution in [2.75, 3.05) is 5.75 Å². The summed E-state index contributed by atoms with van der Waals surface area (Å²) in [6.45, 7) is 0. The zero-order valence-electron chi connectivity index (χ0n) is 5.50. The third-order valence-electron chi connectivity index (χ3n) is 0.820. The maximum Gasteiger partial charge on any atom is 0.131 e. The minimum absolute atomic E-state index is 0.468. The molecule has 0 spiro atoms. The molecule has 0 fully saturated rings. The fourth-order valence-corrected chi connectivity index (χ4v) is 1.18. The molecule has 0 aromatic rings. The van der Waals surface area contributed by atoms with E-state index in [1.165, 1.54) is 17.8 Å². The third-order valence-corrected chi connectivity index (χ3v) is 1.95. The molecule has 0 aliphatic rings. The standard InChI is InChI=1S/C6H9NOS2/c7-6(9)10-5-3-1-2-4-8/h2H,1,3,5H2,(H2,7,9). The number of hydrogen-bond donors (Lipinski definition) is 1. The van der Waals surface area contributed by atoms with Crippen molar-refractivity contribution in [1.82, 2.24) is 0 Å². The fraction of sp³-hybridized carbons (Fsp3) is 0.500. The highest BCUT2D eigenvalue weighted by molar-refractivity contribution is 8.22. The molecule has 0 aliphatic carbocycles. The summed E-state index contributed by atoms with van der Waals surface area (Å²) >= 11 is 6.07. The van der Waals surface area contributed by atoms with E-state index >= 15 is 0 Å². The lowest BCUT2D eigenvalue weighted by Crippen LogP contribution is -2.02. The first-order chi connectivity index (χ1) is 4.77. The zero-order valence-corrected chi connectivity index (χ0v) is 7.13. The Balaban J connectivity index is 3.05. The van der Waals surface area contributed by atoms with Gasteiger partial charge in [-0.25, -0.2) is 4.79 Å². The van der Waals surface area contributed by atoms with E-state index in [1.807, 2.05) is 0 Å². The number of rotatable bonds is 4. The number of unbranched alkanes of at least 4 members (excludes halogenated alkanes) is 1. The molecule has 0 bridgehead atoms. The summed E-state index contributed by atoms with van der Waals surface area (Å²) < 4.78 is 0.468. The van der Waals surface area contributed by atoms with Crippen molar-refractivity contribution in [1.29, 1.82) is 0 Å². The van der Waals surface area contributed by atoms with Gasteiger partial charge in [-0.1, -0.05) is 24.0 Å². The Morgan fingerprint density at radius 1 is 1.80 bits per heavy atom. The van der Waals surface area contributed by atoms with E-state index in [2.05, 4.69) is 12.2 Å². The van der Waals surface area contributed by atoms with Gasteiger partial charge in [0.15, 0.2) is 0 Å². The van der Waals surface area contributed by atoms with Crippen LogP contribution in [-0.2, 0) is 4.79 Å². The van der Waals surface area contributed by atoms with Crippen molar-refractivity contribution < 1.29 is 4.79 Å². The molecule has 0 unspecified atom stereocenters. The predicted octanol–water partition coefficient (Wildman–Crippen LogP) is 1.13. The first kappa shape index (κ1) is 9.69. The molecule has 4 heteroatoms. The number of allylic oxidation sites excluding steroid dienone is 1. The van der Waals surface area contributed by atoms with Crippen LogP contribution >= 0.6 is 24.0 Å². The van der Waals surface area contributed by atoms with Crippen molar-refractivity contribution in [2.24, 2.45) is 5.73 Å². The van der Waals surface area contributed by atoms with E-state index in [4.69, 9.17) is 5.73 Å². The maximum absolute atomic E-state index is 9.66. The molecule has 0 rings (SSSR count). The largest absolute Gasteiger partial charge is 0.385 e. The van der Waals surface area contributed by atoms with Gasteiger partial charge < -0.3 is 5.73 Å². The quantitative estimate of drug-likeness (QED) is 0.395. The number of thioether (sulfide) groups is 1. The van der Waals surface area contributed by atoms with Crippen LogP contribution in [0.4, 0.5) is 0 Å². The number of nitrogens with two attached hydrogens (primary N) is 1. The molecule has 0 atom stereocenters. The normalized spacial score (nSPS) is 8.40. The topological polar surface area (TPSA) is 43.1 Å². The SMILES string of the molecule is NC(=S)SCCCC=C=O. The Hall–Kier alpha value is -0.310. The van der Waals surface area contributed by atoms with Crippen molar-refractivity contribution in [3.8, 4) is 0 Å². The van der Waals surface area contributed by atoms with Gasteiger partial charge in [-0.3, -0.25) is 0 Å². The number of thiocarbonyl (C=S) groups is 1. The Bertz CT molecular complexity index is 148. The van der Waals surface area contributed by atoms with Gasteiger partial charge in [-0.15, -0.1) is 0 Å². The molecule has 0 saturated heterocycles. The second kappa shape index (κ2) is 6.81. The molecule has 0 radical (unpaired) electrons. The van der Waals surface area contributed by atoms with Crippen LogP contribution in [0.25, 0.3) is 0 Å². The van der Waals surface area contributed by atoms with Gasteiger partial charge in [-0.05, 0) is 18.9 Å². The van der Waals surface area contributed by atoms with Crippen LogP contribution in [0.3, 0.4) is 0 Å². The molecule has 0 aromatic heterocycles. The van der Waals surface area contributed by atoms with Gasteiger partial charge in [0, 0.05) is 5.75 Å². The van der Waals surface area contributed by atoms with E-state index in [1.54, 1.807) is 5.94 Å². The lowest BCUT2D eigenvalue weighted by molar-refractivity contribution is 0.568. The average Bonchev–Trinajstić information content (AvgIpc) is 1.87. The van der Waals surface area contributed by atoms with E-state index in [0.717, 1.165) is 18.6 Å². The van der Waals surface area contributed by atoms with Gasteiger partial charge in [-0.2, -0.15) is 0 Å². The third kappa shape index (κ3) is 7.69. The highest BCUT2D eigenvalue weighted by Gasteiger charge is 1.88. The molecule has 2 N–H and O–H groups in total. The summed E-state index contributed by atoms with van der Waals surface area (Å²) in [6, 6.07) is 0. The second-order valence-electron chi connectivity index (χ2n) is 1.63. The van der Waals surface area contributed by atoms with Crippen molar-refractivity contribution in [2.45, 2.75) is 12.8 Å². The molecule has 56 valence electrons. The average molecular weight is 175 g/mol. The zero-order chi connectivity index (χ0) is 7.82. The van der Waals surface area contributed by atoms with Crippen LogP contribution in [0.5, 0.6) is 0 Å². The molecule has 0 saturated carbocycles. The maximum atomic E-state index is 9.66. The van der Waals surface area contributed by atoms with Crippen LogP contribution in [0.1, 0.15) is 12.8 Å². The molecular weight excluding hydrogens is 166 g/mol. The summed E-state index contributed by atoms with van der Waals surface area (Å²) in [5.74, 6) is 2.59. The van der Waals surface area contributed by atoms with Gasteiger partial charge in [0.25, 0.3) is 0 Å². The Kier molecular flexibility index (Phi) is 6.59. The second-order valence-corrected chi connectivity index (χ2v) is 3.47. The molecule has 0 aliphatic heterocycles. The first-order valence-electron chi connectivity index (χ1n) is 2.89. The van der Waals surface area contributed by atoms with Crippen LogP contribution < -0.4 is 5.73 Å². The minimum Gasteiger partial charge on any atom is -0.385 e. The highest BCUT2D eigenvalue weighted by Crippen LogP contribution is 2.03. The van der Waals surface area contributed by atoms with Crippen molar-refractivity contribution in [3.63, 3.8) is 0 Å². The fourth-order valence-electron chi connectivity index (χ4n) is 0.417. The summed E-state index contributed by atoms with van der Waals surface area (Å²) in [7, 11) is 0. The van der Waals surface area contributed by atoms with Crippen LogP contribution in [0, 0.1) is 0 Å². The van der Waals surface area contributed by atoms with E-state index in [9.17, 15) is 4.79 Å². The monoisotopic (exact) mass is 175 g/mol. The molecular formula is C6H9NOS2. The van der Waals surface area contributed by atoms with Gasteiger partial charge in [0.1, 0.15) is 10.3 Å². The van der Waals surface area contributed by atoms with E-state index in [-0.39, 0.29) is 0 Å². The lowest BCUT2D eigenvalue weighted by atomic mass is 10.3. The molecule has 0 heterocycles. The summed E-state index contributed by atoms with van der Waals surface area (Å²) in [4.78, 5) is 9.66. The minimum atomic E-state index is 0.468. The predicted molar refractivity (Wildman–Crippen MR) is 48.7 cm³/mol. The van der Waals surface area contributed by atoms with Crippen LogP contribution in [0.15, 0.2) is 6.08 Å². The Morgan fingerprint density at radius 2 is 2.50 bits per heavy atom. The van der Waals surface area contributed by atoms with Gasteiger partial charge in [0.05, 0.1) is 0 Å². The molecule has 0 aromatic carbocycles. The summed E-state index contributed by atoms with van der Waals surface area (Å²) in [5.41, 5.74) is 5.21. The molecule has 0 amide bonds. The summed E-state index contributed by atoms with van der Waals surface area (Å²) in [6.07, 6.45) is 3.16.